The number of hydrogen-bond acceptors (Lipinski definition) is 11. The fourth-order valence-corrected chi connectivity index (χ4v) is 9.62. The lowest BCUT2D eigenvalue weighted by Gasteiger charge is -2.41. The van der Waals surface area contributed by atoms with E-state index in [1.807, 2.05) is 25.1 Å². The predicted octanol–water partition coefficient (Wildman–Crippen LogP) is 6.51. The summed E-state index contributed by atoms with van der Waals surface area (Å²) in [6, 6.07) is 10.8. The minimum Gasteiger partial charge on any atom is -0.461 e. The highest BCUT2D eigenvalue weighted by atomic mass is 19.1. The summed E-state index contributed by atoms with van der Waals surface area (Å²) in [5, 5.41) is 14.6. The van der Waals surface area contributed by atoms with Gasteiger partial charge in [-0.2, -0.15) is 15.2 Å². The van der Waals surface area contributed by atoms with E-state index in [4.69, 9.17) is 29.2 Å². The Balaban J connectivity index is 1.20. The molecule has 14 heteroatoms. The molecule has 2 aromatic carbocycles. The van der Waals surface area contributed by atoms with Gasteiger partial charge in [-0.05, 0) is 113 Å². The van der Waals surface area contributed by atoms with E-state index in [0.717, 1.165) is 62.6 Å². The first-order valence-corrected chi connectivity index (χ1v) is 19.6. The van der Waals surface area contributed by atoms with Crippen molar-refractivity contribution in [2.45, 2.75) is 88.3 Å². The van der Waals surface area contributed by atoms with Gasteiger partial charge >= 0.3 is 18.2 Å². The second-order valence-electron chi connectivity index (χ2n) is 16.0. The summed E-state index contributed by atoms with van der Waals surface area (Å²) in [6.45, 7) is 6.14. The van der Waals surface area contributed by atoms with E-state index in [-0.39, 0.29) is 35.1 Å². The third-order valence-corrected chi connectivity index (χ3v) is 12.3. The summed E-state index contributed by atoms with van der Waals surface area (Å²) >= 11 is 0. The standard InChI is InChI=1S/C41H45FN8O5/c1-40-12-5-15-48(24-40)36-31-23-44-34(33(42)35(31)45-37(46-36)54-25-41-13-6-16-49(41)17-7-14-41)30-21-29(55-39(52)50-18-3-11-28(50)22-43)20-27-9-2-8-26(32(27)30)10-4-19-53-38(51)47-40/h2,8-9,20-21,23,28H,3-7,10-19,24-25H2,1H3,(H,47,51). The number of piperidine rings is 1. The summed E-state index contributed by atoms with van der Waals surface area (Å²) in [7, 11) is 0. The van der Waals surface area contributed by atoms with Gasteiger partial charge in [0.25, 0.3) is 0 Å². The van der Waals surface area contributed by atoms with Crippen molar-refractivity contribution in [3.05, 3.63) is 47.9 Å². The van der Waals surface area contributed by atoms with Crippen molar-refractivity contribution in [1.29, 1.82) is 5.26 Å². The normalized spacial score (nSPS) is 23.7. The quantitative estimate of drug-likeness (QED) is 0.244. The molecule has 0 saturated carbocycles. The van der Waals surface area contributed by atoms with Crippen molar-refractivity contribution in [1.82, 2.24) is 30.1 Å². The zero-order valence-electron chi connectivity index (χ0n) is 31.1. The van der Waals surface area contributed by atoms with Crippen LogP contribution in [0.2, 0.25) is 0 Å². The van der Waals surface area contributed by atoms with Crippen LogP contribution in [0.4, 0.5) is 19.8 Å². The predicted molar refractivity (Wildman–Crippen MR) is 203 cm³/mol. The van der Waals surface area contributed by atoms with Gasteiger partial charge in [0.05, 0.1) is 29.1 Å². The lowest BCUT2D eigenvalue weighted by molar-refractivity contribution is 0.107. The van der Waals surface area contributed by atoms with Gasteiger partial charge in [-0.3, -0.25) is 14.8 Å². The van der Waals surface area contributed by atoms with Crippen LogP contribution in [0.1, 0.15) is 70.3 Å². The minimum atomic E-state index is -0.642. The smallest absolute Gasteiger partial charge is 0.416 e. The first-order valence-electron chi connectivity index (χ1n) is 19.6. The molecule has 10 rings (SSSR count). The number of aromatic nitrogens is 3. The SMILES string of the molecule is CC12CCCN(C1)c1nc(OCC34CCCN3CCC4)nc3c(F)c(ncc13)-c1cc(OC(=O)N3CCCC3C#N)cc3cccc(c13)CCCOC(=O)N2. The van der Waals surface area contributed by atoms with Crippen LogP contribution in [0.25, 0.3) is 32.9 Å². The third-order valence-electron chi connectivity index (χ3n) is 12.3. The van der Waals surface area contributed by atoms with E-state index in [9.17, 15) is 14.9 Å². The van der Waals surface area contributed by atoms with Gasteiger partial charge in [-0.25, -0.2) is 14.0 Å². The van der Waals surface area contributed by atoms with E-state index >= 15 is 4.39 Å². The summed E-state index contributed by atoms with van der Waals surface area (Å²) in [4.78, 5) is 46.9. The number of nitrogens with zero attached hydrogens (tertiary/aromatic N) is 7. The summed E-state index contributed by atoms with van der Waals surface area (Å²) in [5.74, 6) is 0.0516. The molecule has 4 aromatic rings. The fourth-order valence-electron chi connectivity index (χ4n) is 9.62. The Kier molecular flexibility index (Phi) is 9.07. The molecule has 2 unspecified atom stereocenters. The summed E-state index contributed by atoms with van der Waals surface area (Å²) in [5.41, 5.74) is 0.739. The Morgan fingerprint density at radius 1 is 1.09 bits per heavy atom. The molecule has 286 valence electrons. The first kappa shape index (κ1) is 35.4. The number of rotatable bonds is 4. The van der Waals surface area contributed by atoms with E-state index in [2.05, 4.69) is 21.2 Å². The number of pyridine rings is 1. The highest BCUT2D eigenvalue weighted by Crippen LogP contribution is 2.42. The molecular weight excluding hydrogens is 704 g/mol. The number of benzene rings is 2. The molecular formula is C41H45FN8O5. The molecule has 4 saturated heterocycles. The zero-order valence-corrected chi connectivity index (χ0v) is 31.1. The molecule has 4 fully saturated rings. The number of halogens is 1. The van der Waals surface area contributed by atoms with Crippen LogP contribution >= 0.6 is 0 Å². The first-order chi connectivity index (χ1) is 26.7. The number of carbonyl (C=O) groups is 2. The van der Waals surface area contributed by atoms with Crippen LogP contribution in [0, 0.1) is 17.1 Å². The molecule has 0 spiro atoms. The molecule has 1 N–H and O–H groups in total. The molecule has 0 radical (unpaired) electrons. The highest BCUT2D eigenvalue weighted by Gasteiger charge is 2.45. The van der Waals surface area contributed by atoms with Crippen molar-refractivity contribution in [3.63, 3.8) is 0 Å². The van der Waals surface area contributed by atoms with Gasteiger partial charge in [0.1, 0.15) is 35.4 Å². The Labute approximate surface area is 318 Å². The minimum absolute atomic E-state index is 0.0479. The van der Waals surface area contributed by atoms with Gasteiger partial charge in [0, 0.05) is 31.4 Å². The number of likely N-dealkylation sites (tertiary alicyclic amines) is 1. The molecule has 2 aromatic heterocycles. The number of anilines is 1. The van der Waals surface area contributed by atoms with Crippen molar-refractivity contribution in [2.75, 3.05) is 50.8 Å². The van der Waals surface area contributed by atoms with Crippen LogP contribution in [0.15, 0.2) is 36.5 Å². The third kappa shape index (κ3) is 6.52. The maximum atomic E-state index is 17.5. The van der Waals surface area contributed by atoms with Crippen molar-refractivity contribution in [2.24, 2.45) is 0 Å². The Morgan fingerprint density at radius 2 is 1.93 bits per heavy atom. The van der Waals surface area contributed by atoms with Gasteiger partial charge in [-0.1, -0.05) is 18.2 Å². The number of aryl methyl sites for hydroxylation is 1. The van der Waals surface area contributed by atoms with Gasteiger partial charge in [0.2, 0.25) is 0 Å². The average molecular weight is 749 g/mol. The number of fused-ring (bicyclic) bond motifs is 7. The maximum absolute atomic E-state index is 17.5. The largest absolute Gasteiger partial charge is 0.461 e. The summed E-state index contributed by atoms with van der Waals surface area (Å²) < 4.78 is 35.6. The Bertz CT molecular complexity index is 2220. The van der Waals surface area contributed by atoms with E-state index in [1.54, 1.807) is 18.3 Å². The molecule has 2 atom stereocenters. The van der Waals surface area contributed by atoms with Gasteiger partial charge in [-0.15, -0.1) is 0 Å². The maximum Gasteiger partial charge on any atom is 0.416 e. The van der Waals surface area contributed by atoms with Crippen molar-refractivity contribution in [3.8, 4) is 29.1 Å². The molecule has 6 aliphatic rings. The number of amides is 2. The number of nitrogens with one attached hydrogen (secondary N) is 1. The van der Waals surface area contributed by atoms with E-state index < -0.39 is 29.6 Å². The van der Waals surface area contributed by atoms with Crippen LogP contribution in [-0.4, -0.2) is 100.0 Å². The molecule has 8 heterocycles. The van der Waals surface area contributed by atoms with Crippen LogP contribution in [0.5, 0.6) is 11.8 Å². The number of ether oxygens (including phenoxy) is 3. The molecule has 2 amide bonds. The monoisotopic (exact) mass is 748 g/mol. The average Bonchev–Trinajstić information content (AvgIpc) is 3.92. The molecule has 55 heavy (non-hydrogen) atoms. The number of carbonyl (C=O) groups excluding carboxylic acids is 2. The van der Waals surface area contributed by atoms with E-state index in [0.29, 0.717) is 74.1 Å². The number of hydrogen-bond donors (Lipinski definition) is 1. The second-order valence-corrected chi connectivity index (χ2v) is 16.0. The van der Waals surface area contributed by atoms with Gasteiger partial charge in [0.15, 0.2) is 5.82 Å². The number of alkyl carbamates (subject to hydrolysis) is 1. The van der Waals surface area contributed by atoms with Crippen molar-refractivity contribution >= 4 is 39.7 Å². The summed E-state index contributed by atoms with van der Waals surface area (Å²) in [6.07, 6.45) is 8.63. The lowest BCUT2D eigenvalue weighted by Crippen LogP contribution is -2.57. The number of nitriles is 1. The molecule has 13 nitrogen and oxygen atoms in total. The van der Waals surface area contributed by atoms with Gasteiger partial charge < -0.3 is 24.4 Å². The van der Waals surface area contributed by atoms with Crippen LogP contribution in [0.3, 0.4) is 0 Å². The van der Waals surface area contributed by atoms with Crippen LogP contribution in [-0.2, 0) is 11.2 Å². The highest BCUT2D eigenvalue weighted by molar-refractivity contribution is 6.02. The molecule has 0 aliphatic carbocycles. The molecule has 6 bridgehead atoms. The van der Waals surface area contributed by atoms with E-state index in [1.165, 1.54) is 4.90 Å². The fraction of sp³-hybridized carbons (Fsp3) is 0.512. The van der Waals surface area contributed by atoms with Crippen LogP contribution < -0.4 is 19.7 Å². The Morgan fingerprint density at radius 3 is 2.76 bits per heavy atom. The Hall–Kier alpha value is -5.29. The topological polar surface area (TPSA) is 146 Å². The lowest BCUT2D eigenvalue weighted by atomic mass is 9.91. The van der Waals surface area contributed by atoms with Crippen molar-refractivity contribution < 1.29 is 28.2 Å². The zero-order chi connectivity index (χ0) is 37.7. The second kappa shape index (κ2) is 14.1. The molecule has 6 aliphatic heterocycles.